The maximum Gasteiger partial charge on any atom is 0.257 e. The molecule has 3 rings (SSSR count). The monoisotopic (exact) mass is 391 g/mol. The van der Waals surface area contributed by atoms with Gasteiger partial charge in [-0.1, -0.05) is 18.2 Å². The molecule has 6 heteroatoms. The number of hydrogen-bond donors (Lipinski definition) is 1. The molecule has 1 aromatic heterocycles. The highest BCUT2D eigenvalue weighted by Gasteiger charge is 2.08. The first kappa shape index (κ1) is 20.4. The first-order chi connectivity index (χ1) is 14.1. The number of ether oxygens (including phenoxy) is 2. The minimum atomic E-state index is -0.233. The van der Waals surface area contributed by atoms with E-state index in [9.17, 15) is 4.79 Å². The first-order valence-corrected chi connectivity index (χ1v) is 9.48. The molecule has 0 saturated heterocycles. The Kier molecular flexibility index (Phi) is 7.19. The zero-order valence-corrected chi connectivity index (χ0v) is 16.7. The minimum Gasteiger partial charge on any atom is -0.494 e. The van der Waals surface area contributed by atoms with E-state index < -0.39 is 0 Å². The fourth-order valence-electron chi connectivity index (χ4n) is 2.59. The topological polar surface area (TPSA) is 63.7 Å². The van der Waals surface area contributed by atoms with E-state index in [1.54, 1.807) is 12.1 Å². The number of hydrogen-bond acceptors (Lipinski definition) is 5. The highest BCUT2D eigenvalue weighted by atomic mass is 16.5. The van der Waals surface area contributed by atoms with Crippen LogP contribution in [-0.4, -0.2) is 43.0 Å². The number of nitrogens with zero attached hydrogens (tertiary/aromatic N) is 2. The lowest BCUT2D eigenvalue weighted by atomic mass is 10.2. The third-order valence-electron chi connectivity index (χ3n) is 4.09. The van der Waals surface area contributed by atoms with Gasteiger partial charge in [-0.3, -0.25) is 4.79 Å². The summed E-state index contributed by atoms with van der Waals surface area (Å²) in [5.41, 5.74) is 1.15. The summed E-state index contributed by atoms with van der Waals surface area (Å²) < 4.78 is 11.3. The zero-order valence-electron chi connectivity index (χ0n) is 16.7. The Morgan fingerprint density at radius 2 is 1.72 bits per heavy atom. The molecule has 29 heavy (non-hydrogen) atoms. The Balaban J connectivity index is 1.50. The molecule has 1 N–H and O–H groups in total. The van der Waals surface area contributed by atoms with E-state index in [0.29, 0.717) is 29.5 Å². The van der Waals surface area contributed by atoms with Crippen molar-refractivity contribution in [2.75, 3.05) is 32.6 Å². The lowest BCUT2D eigenvalue weighted by Gasteiger charge is -2.11. The number of carbonyl (C=O) groups excluding carboxylic acids is 1. The van der Waals surface area contributed by atoms with Crippen molar-refractivity contribution in [1.82, 2.24) is 9.88 Å². The molecule has 150 valence electrons. The fourth-order valence-corrected chi connectivity index (χ4v) is 2.59. The first-order valence-electron chi connectivity index (χ1n) is 9.48. The second-order valence-corrected chi connectivity index (χ2v) is 6.78. The van der Waals surface area contributed by atoms with Crippen molar-refractivity contribution < 1.29 is 14.3 Å². The number of anilines is 1. The molecule has 0 spiro atoms. The largest absolute Gasteiger partial charge is 0.494 e. The minimum absolute atomic E-state index is 0.233. The van der Waals surface area contributed by atoms with Gasteiger partial charge in [0.1, 0.15) is 11.5 Å². The number of amides is 1. The molecule has 0 atom stereocenters. The maximum absolute atomic E-state index is 12.4. The zero-order chi connectivity index (χ0) is 20.5. The molecule has 0 aliphatic heterocycles. The summed E-state index contributed by atoms with van der Waals surface area (Å²) in [4.78, 5) is 18.7. The average molecular weight is 391 g/mol. The lowest BCUT2D eigenvalue weighted by molar-refractivity contribution is 0.102. The van der Waals surface area contributed by atoms with Crippen LogP contribution in [0.2, 0.25) is 0 Å². The molecular formula is C23H25N3O3. The average Bonchev–Trinajstić information content (AvgIpc) is 2.73. The van der Waals surface area contributed by atoms with Gasteiger partial charge in [0.2, 0.25) is 5.88 Å². The van der Waals surface area contributed by atoms with Crippen molar-refractivity contribution in [1.29, 1.82) is 0 Å². The van der Waals surface area contributed by atoms with Gasteiger partial charge in [-0.05, 0) is 63.0 Å². The summed E-state index contributed by atoms with van der Waals surface area (Å²) in [6.07, 6.45) is 2.46. The maximum atomic E-state index is 12.4. The van der Waals surface area contributed by atoms with Gasteiger partial charge in [0.05, 0.1) is 12.2 Å². The Bertz CT molecular complexity index is 895. The van der Waals surface area contributed by atoms with Crippen LogP contribution in [0.15, 0.2) is 72.9 Å². The Morgan fingerprint density at radius 3 is 2.38 bits per heavy atom. The van der Waals surface area contributed by atoms with Crippen molar-refractivity contribution in [2.45, 2.75) is 6.42 Å². The van der Waals surface area contributed by atoms with Gasteiger partial charge < -0.3 is 19.7 Å². The highest BCUT2D eigenvalue weighted by molar-refractivity contribution is 6.04. The molecule has 0 aliphatic carbocycles. The number of aromatic nitrogens is 1. The van der Waals surface area contributed by atoms with Crippen LogP contribution in [0.5, 0.6) is 17.4 Å². The molecule has 6 nitrogen and oxygen atoms in total. The Morgan fingerprint density at radius 1 is 0.966 bits per heavy atom. The van der Waals surface area contributed by atoms with Gasteiger partial charge >= 0.3 is 0 Å². The van der Waals surface area contributed by atoms with E-state index in [2.05, 4.69) is 15.2 Å². The molecule has 0 unspecified atom stereocenters. The van der Waals surface area contributed by atoms with E-state index in [1.807, 2.05) is 68.7 Å². The van der Waals surface area contributed by atoms with Crippen LogP contribution in [0.1, 0.15) is 16.8 Å². The summed E-state index contributed by atoms with van der Waals surface area (Å²) in [6, 6.07) is 20.1. The summed E-state index contributed by atoms with van der Waals surface area (Å²) in [5, 5.41) is 2.85. The van der Waals surface area contributed by atoms with Gasteiger partial charge in [-0.15, -0.1) is 0 Å². The van der Waals surface area contributed by atoms with Crippen molar-refractivity contribution >= 4 is 11.6 Å². The molecule has 0 fully saturated rings. The standard InChI is InChI=1S/C23H25N3O3/c1-26(2)15-6-16-28-20-12-10-19(11-13-20)25-23(27)18-9-14-22(24-17-18)29-21-7-4-3-5-8-21/h3-5,7-14,17H,6,15-16H2,1-2H3,(H,25,27). The molecule has 0 radical (unpaired) electrons. The lowest BCUT2D eigenvalue weighted by Crippen LogP contribution is -2.15. The Labute approximate surface area is 171 Å². The van der Waals surface area contributed by atoms with E-state index in [-0.39, 0.29) is 5.91 Å². The fraction of sp³-hybridized carbons (Fsp3) is 0.217. The van der Waals surface area contributed by atoms with Crippen LogP contribution in [0.25, 0.3) is 0 Å². The third-order valence-corrected chi connectivity index (χ3v) is 4.09. The second-order valence-electron chi connectivity index (χ2n) is 6.78. The Hall–Kier alpha value is -3.38. The molecule has 1 heterocycles. The van der Waals surface area contributed by atoms with Crippen molar-refractivity contribution in [3.05, 3.63) is 78.5 Å². The molecular weight excluding hydrogens is 366 g/mol. The van der Waals surface area contributed by atoms with Crippen molar-refractivity contribution in [3.8, 4) is 17.4 Å². The van der Waals surface area contributed by atoms with Crippen molar-refractivity contribution in [2.24, 2.45) is 0 Å². The molecule has 2 aromatic carbocycles. The van der Waals surface area contributed by atoms with E-state index >= 15 is 0 Å². The summed E-state index contributed by atoms with van der Waals surface area (Å²) in [5.74, 6) is 1.68. The number of benzene rings is 2. The van der Waals surface area contributed by atoms with Crippen LogP contribution in [0.3, 0.4) is 0 Å². The number of pyridine rings is 1. The molecule has 3 aromatic rings. The van der Waals surface area contributed by atoms with Crippen LogP contribution < -0.4 is 14.8 Å². The van der Waals surface area contributed by atoms with Gasteiger partial charge in [-0.2, -0.15) is 0 Å². The van der Waals surface area contributed by atoms with Crippen LogP contribution in [-0.2, 0) is 0 Å². The molecule has 0 bridgehead atoms. The third kappa shape index (κ3) is 6.62. The SMILES string of the molecule is CN(C)CCCOc1ccc(NC(=O)c2ccc(Oc3ccccc3)nc2)cc1. The van der Waals surface area contributed by atoms with Crippen LogP contribution >= 0.6 is 0 Å². The van der Waals surface area contributed by atoms with Crippen molar-refractivity contribution in [3.63, 3.8) is 0 Å². The number of rotatable bonds is 9. The summed E-state index contributed by atoms with van der Waals surface area (Å²) in [6.45, 7) is 1.64. The highest BCUT2D eigenvalue weighted by Crippen LogP contribution is 2.20. The second kappa shape index (κ2) is 10.2. The van der Waals surface area contributed by atoms with Gasteiger partial charge in [0, 0.05) is 24.5 Å². The van der Waals surface area contributed by atoms with E-state index in [0.717, 1.165) is 18.7 Å². The van der Waals surface area contributed by atoms with E-state index in [1.165, 1.54) is 6.20 Å². The number of carbonyl (C=O) groups is 1. The van der Waals surface area contributed by atoms with Gasteiger partial charge in [-0.25, -0.2) is 4.98 Å². The van der Waals surface area contributed by atoms with Gasteiger partial charge in [0.15, 0.2) is 0 Å². The smallest absolute Gasteiger partial charge is 0.257 e. The quantitative estimate of drug-likeness (QED) is 0.546. The predicted molar refractivity (Wildman–Crippen MR) is 114 cm³/mol. The summed E-state index contributed by atoms with van der Waals surface area (Å²) >= 11 is 0. The number of nitrogens with one attached hydrogen (secondary N) is 1. The molecule has 0 saturated carbocycles. The van der Waals surface area contributed by atoms with Crippen LogP contribution in [0, 0.1) is 0 Å². The predicted octanol–water partition coefficient (Wildman–Crippen LogP) is 4.46. The normalized spacial score (nSPS) is 10.6. The van der Waals surface area contributed by atoms with Crippen LogP contribution in [0.4, 0.5) is 5.69 Å². The van der Waals surface area contributed by atoms with Gasteiger partial charge in [0.25, 0.3) is 5.91 Å². The summed E-state index contributed by atoms with van der Waals surface area (Å²) in [7, 11) is 4.08. The molecule has 1 amide bonds. The molecule has 0 aliphatic rings. The number of para-hydroxylation sites is 1. The van der Waals surface area contributed by atoms with E-state index in [4.69, 9.17) is 9.47 Å².